The summed E-state index contributed by atoms with van der Waals surface area (Å²) in [5.74, 6) is 1.03. The molecule has 1 N–H and O–H groups in total. The predicted molar refractivity (Wildman–Crippen MR) is 118 cm³/mol. The third-order valence-corrected chi connectivity index (χ3v) is 5.56. The van der Waals surface area contributed by atoms with E-state index in [0.717, 1.165) is 49.9 Å². The molecule has 6 heteroatoms. The second kappa shape index (κ2) is 10.6. The van der Waals surface area contributed by atoms with E-state index in [-0.39, 0.29) is 5.91 Å². The van der Waals surface area contributed by atoms with E-state index < -0.39 is 0 Å². The maximum Gasteiger partial charge on any atom is 0.234 e. The molecule has 0 atom stereocenters. The van der Waals surface area contributed by atoms with E-state index in [9.17, 15) is 4.79 Å². The maximum absolute atomic E-state index is 12.2. The number of hydrogen-bond donors (Lipinski definition) is 1. The van der Waals surface area contributed by atoms with Gasteiger partial charge in [-0.15, -0.1) is 0 Å². The Bertz CT molecular complexity index is 802. The fraction of sp³-hybridized carbons (Fsp3) is 0.435. The Labute approximate surface area is 178 Å². The third kappa shape index (κ3) is 6.74. The molecule has 1 aliphatic heterocycles. The molecule has 1 heterocycles. The fourth-order valence-electron chi connectivity index (χ4n) is 3.63. The topological polar surface area (TPSA) is 44.8 Å². The Morgan fingerprint density at radius 1 is 1.07 bits per heavy atom. The summed E-state index contributed by atoms with van der Waals surface area (Å²) >= 11 is 5.90. The number of carbonyl (C=O) groups is 1. The number of benzene rings is 2. The number of nitrogens with zero attached hydrogens (tertiary/aromatic N) is 2. The van der Waals surface area contributed by atoms with Crippen molar-refractivity contribution in [3.63, 3.8) is 0 Å². The molecule has 156 valence electrons. The van der Waals surface area contributed by atoms with Crippen LogP contribution in [0.5, 0.6) is 5.75 Å². The molecule has 1 saturated heterocycles. The van der Waals surface area contributed by atoms with Crippen LogP contribution in [0.1, 0.15) is 16.7 Å². The molecular formula is C23H30ClN3O2. The van der Waals surface area contributed by atoms with Crippen LogP contribution >= 0.6 is 11.6 Å². The lowest BCUT2D eigenvalue weighted by atomic mass is 10.1. The molecule has 0 bridgehead atoms. The van der Waals surface area contributed by atoms with Crippen LogP contribution in [0.2, 0.25) is 5.02 Å². The van der Waals surface area contributed by atoms with Crippen molar-refractivity contribution in [3.05, 3.63) is 64.2 Å². The number of ether oxygens (including phenoxy) is 1. The average Bonchev–Trinajstić information content (AvgIpc) is 2.71. The van der Waals surface area contributed by atoms with Crippen molar-refractivity contribution in [1.29, 1.82) is 0 Å². The van der Waals surface area contributed by atoms with Gasteiger partial charge in [0.1, 0.15) is 5.75 Å². The highest BCUT2D eigenvalue weighted by molar-refractivity contribution is 6.30. The molecule has 2 aromatic carbocycles. The van der Waals surface area contributed by atoms with E-state index in [2.05, 4.69) is 34.2 Å². The molecule has 0 spiro atoms. The van der Waals surface area contributed by atoms with Gasteiger partial charge in [0.2, 0.25) is 5.91 Å². The smallest absolute Gasteiger partial charge is 0.234 e. The Morgan fingerprint density at radius 2 is 1.76 bits per heavy atom. The minimum atomic E-state index is 0.0905. The van der Waals surface area contributed by atoms with Crippen molar-refractivity contribution >= 4 is 17.5 Å². The maximum atomic E-state index is 12.2. The van der Waals surface area contributed by atoms with Gasteiger partial charge in [-0.2, -0.15) is 0 Å². The molecule has 1 fully saturated rings. The van der Waals surface area contributed by atoms with Gasteiger partial charge in [-0.25, -0.2) is 0 Å². The van der Waals surface area contributed by atoms with E-state index in [1.165, 1.54) is 16.7 Å². The zero-order valence-electron chi connectivity index (χ0n) is 17.3. The van der Waals surface area contributed by atoms with Gasteiger partial charge in [0.05, 0.1) is 13.7 Å². The molecular weight excluding hydrogens is 386 g/mol. The van der Waals surface area contributed by atoms with Crippen LogP contribution in [0.3, 0.4) is 0 Å². The first-order valence-electron chi connectivity index (χ1n) is 10.1. The summed E-state index contributed by atoms with van der Waals surface area (Å²) in [6, 6.07) is 14.1. The molecule has 0 radical (unpaired) electrons. The minimum Gasteiger partial charge on any atom is -0.496 e. The standard InChI is InChI=1S/C23H30ClN3O2/c1-18-3-8-22(29-2)20(15-18)16-26-11-13-27(14-12-26)17-23(28)25-10-9-19-4-6-21(24)7-5-19/h3-8,15H,9-14,16-17H2,1-2H3,(H,25,28). The molecule has 0 saturated carbocycles. The van der Waals surface area contributed by atoms with Gasteiger partial charge in [0.15, 0.2) is 0 Å². The Morgan fingerprint density at radius 3 is 2.45 bits per heavy atom. The number of halogens is 1. The minimum absolute atomic E-state index is 0.0905. The predicted octanol–water partition coefficient (Wildman–Crippen LogP) is 3.13. The summed E-state index contributed by atoms with van der Waals surface area (Å²) in [4.78, 5) is 16.9. The molecule has 0 aliphatic carbocycles. The number of hydrogen-bond acceptors (Lipinski definition) is 4. The summed E-state index contributed by atoms with van der Waals surface area (Å²) < 4.78 is 5.49. The van der Waals surface area contributed by atoms with Gasteiger partial charge in [0, 0.05) is 49.9 Å². The number of methoxy groups -OCH3 is 1. The van der Waals surface area contributed by atoms with E-state index >= 15 is 0 Å². The Balaban J connectivity index is 1.37. The summed E-state index contributed by atoms with van der Waals surface area (Å²) in [6.45, 7) is 7.80. The van der Waals surface area contributed by atoms with E-state index in [1.807, 2.05) is 30.3 Å². The van der Waals surface area contributed by atoms with Gasteiger partial charge in [0.25, 0.3) is 0 Å². The number of rotatable bonds is 8. The van der Waals surface area contributed by atoms with E-state index in [0.29, 0.717) is 13.1 Å². The molecule has 1 aliphatic rings. The van der Waals surface area contributed by atoms with Gasteiger partial charge in [-0.1, -0.05) is 41.4 Å². The number of aryl methyl sites for hydroxylation is 1. The number of nitrogens with one attached hydrogen (secondary N) is 1. The zero-order valence-corrected chi connectivity index (χ0v) is 18.0. The summed E-state index contributed by atoms with van der Waals surface area (Å²) in [5, 5.41) is 3.76. The third-order valence-electron chi connectivity index (χ3n) is 5.31. The van der Waals surface area contributed by atoms with Crippen LogP contribution in [0.4, 0.5) is 0 Å². The summed E-state index contributed by atoms with van der Waals surface area (Å²) in [7, 11) is 1.72. The highest BCUT2D eigenvalue weighted by atomic mass is 35.5. The molecule has 1 amide bonds. The molecule has 0 unspecified atom stereocenters. The van der Waals surface area contributed by atoms with Crippen LogP contribution < -0.4 is 10.1 Å². The van der Waals surface area contributed by atoms with Gasteiger partial charge < -0.3 is 10.1 Å². The van der Waals surface area contributed by atoms with Crippen molar-refractivity contribution in [1.82, 2.24) is 15.1 Å². The lowest BCUT2D eigenvalue weighted by Crippen LogP contribution is -2.49. The van der Waals surface area contributed by atoms with Gasteiger partial charge in [-0.05, 0) is 37.1 Å². The highest BCUT2D eigenvalue weighted by Crippen LogP contribution is 2.22. The number of carbonyl (C=O) groups excluding carboxylic acids is 1. The van der Waals surface area contributed by atoms with Crippen molar-refractivity contribution in [3.8, 4) is 5.75 Å². The number of amides is 1. The van der Waals surface area contributed by atoms with Crippen molar-refractivity contribution in [2.75, 3.05) is 46.4 Å². The fourth-order valence-corrected chi connectivity index (χ4v) is 3.76. The Kier molecular flexibility index (Phi) is 7.92. The van der Waals surface area contributed by atoms with Crippen LogP contribution in [0.25, 0.3) is 0 Å². The SMILES string of the molecule is COc1ccc(C)cc1CN1CCN(CC(=O)NCCc2ccc(Cl)cc2)CC1. The largest absolute Gasteiger partial charge is 0.496 e. The molecule has 3 rings (SSSR count). The summed E-state index contributed by atoms with van der Waals surface area (Å²) in [5.41, 5.74) is 3.64. The van der Waals surface area contributed by atoms with Crippen molar-refractivity contribution in [2.45, 2.75) is 19.9 Å². The quantitative estimate of drug-likeness (QED) is 0.719. The highest BCUT2D eigenvalue weighted by Gasteiger charge is 2.20. The first-order valence-corrected chi connectivity index (χ1v) is 10.5. The molecule has 2 aromatic rings. The van der Waals surface area contributed by atoms with Crippen LogP contribution in [-0.2, 0) is 17.8 Å². The first kappa shape index (κ1) is 21.6. The monoisotopic (exact) mass is 415 g/mol. The molecule has 0 aromatic heterocycles. The molecule has 29 heavy (non-hydrogen) atoms. The first-order chi connectivity index (χ1) is 14.0. The number of piperazine rings is 1. The van der Waals surface area contributed by atoms with Crippen molar-refractivity contribution in [2.24, 2.45) is 0 Å². The lowest BCUT2D eigenvalue weighted by molar-refractivity contribution is -0.122. The van der Waals surface area contributed by atoms with Gasteiger partial charge in [-0.3, -0.25) is 14.6 Å². The van der Waals surface area contributed by atoms with Crippen LogP contribution in [0.15, 0.2) is 42.5 Å². The normalized spacial score (nSPS) is 15.3. The second-order valence-corrected chi connectivity index (χ2v) is 8.03. The average molecular weight is 416 g/mol. The second-order valence-electron chi connectivity index (χ2n) is 7.59. The Hall–Kier alpha value is -2.08. The van der Waals surface area contributed by atoms with Crippen LogP contribution in [0, 0.1) is 6.92 Å². The lowest BCUT2D eigenvalue weighted by Gasteiger charge is -2.34. The van der Waals surface area contributed by atoms with E-state index in [4.69, 9.17) is 16.3 Å². The summed E-state index contributed by atoms with van der Waals surface area (Å²) in [6.07, 6.45) is 0.814. The van der Waals surface area contributed by atoms with Gasteiger partial charge >= 0.3 is 0 Å². The van der Waals surface area contributed by atoms with Crippen LogP contribution in [-0.4, -0.2) is 62.1 Å². The van der Waals surface area contributed by atoms with Crippen molar-refractivity contribution < 1.29 is 9.53 Å². The molecule has 5 nitrogen and oxygen atoms in total. The zero-order chi connectivity index (χ0) is 20.6. The van der Waals surface area contributed by atoms with E-state index in [1.54, 1.807) is 7.11 Å².